The van der Waals surface area contributed by atoms with Crippen LogP contribution in [0.25, 0.3) is 11.4 Å². The Morgan fingerprint density at radius 1 is 0.953 bits per heavy atom. The molecule has 2 N–H and O–H groups in total. The van der Waals surface area contributed by atoms with Crippen LogP contribution in [0.2, 0.25) is 0 Å². The number of Topliss-reactive ketones (excluding diaryl/α,β-unsaturated/α-hetero) is 1. The molecular weight excluding hydrogens is 569 g/mol. The van der Waals surface area contributed by atoms with Crippen molar-refractivity contribution in [2.24, 2.45) is 0 Å². The second-order valence-corrected chi connectivity index (χ2v) is 9.04. The molecular formula is C29H27F3N6O5. The van der Waals surface area contributed by atoms with Crippen molar-refractivity contribution < 1.29 is 37.0 Å². The Hall–Kier alpha value is -5.27. The predicted molar refractivity (Wildman–Crippen MR) is 150 cm³/mol. The molecule has 0 saturated heterocycles. The number of ketones is 1. The average molecular weight is 597 g/mol. The number of alkyl halides is 3. The highest BCUT2D eigenvalue weighted by Gasteiger charge is 2.36. The number of nitrogens with one attached hydrogen (secondary N) is 2. The zero-order valence-corrected chi connectivity index (χ0v) is 23.6. The van der Waals surface area contributed by atoms with Crippen molar-refractivity contribution in [3.8, 4) is 28.8 Å². The molecule has 0 atom stereocenters. The molecule has 0 aliphatic rings. The van der Waals surface area contributed by atoms with Gasteiger partial charge >= 0.3 is 12.2 Å². The van der Waals surface area contributed by atoms with Crippen LogP contribution in [0.4, 0.5) is 29.3 Å². The third-order valence-electron chi connectivity index (χ3n) is 5.92. The number of aryl methyl sites for hydroxylation is 1. The highest BCUT2D eigenvalue weighted by Crippen LogP contribution is 2.33. The average Bonchev–Trinajstić information content (AvgIpc) is 2.97. The van der Waals surface area contributed by atoms with Crippen molar-refractivity contribution in [1.82, 2.24) is 19.9 Å². The fraction of sp³-hybridized carbons (Fsp3) is 0.241. The van der Waals surface area contributed by atoms with E-state index < -0.39 is 29.2 Å². The molecule has 0 saturated carbocycles. The van der Waals surface area contributed by atoms with Crippen LogP contribution in [-0.4, -0.2) is 45.5 Å². The van der Waals surface area contributed by atoms with Crippen molar-refractivity contribution in [3.63, 3.8) is 0 Å². The minimum absolute atomic E-state index is 0.211. The molecule has 0 unspecified atom stereocenters. The van der Waals surface area contributed by atoms with Crippen LogP contribution >= 0.6 is 0 Å². The van der Waals surface area contributed by atoms with Gasteiger partial charge in [-0.15, -0.1) is 0 Å². The molecule has 1 aromatic carbocycles. The second-order valence-electron chi connectivity index (χ2n) is 9.04. The molecule has 11 nitrogen and oxygen atoms in total. The van der Waals surface area contributed by atoms with Crippen LogP contribution in [0.1, 0.15) is 41.2 Å². The molecule has 0 spiro atoms. The number of carbonyl (C=O) groups is 2. The summed E-state index contributed by atoms with van der Waals surface area (Å²) in [4.78, 5) is 40.7. The molecule has 14 heteroatoms. The Morgan fingerprint density at radius 3 is 2.33 bits per heavy atom. The van der Waals surface area contributed by atoms with Gasteiger partial charge in [0.05, 0.1) is 48.7 Å². The van der Waals surface area contributed by atoms with Crippen LogP contribution in [0.5, 0.6) is 17.4 Å². The van der Waals surface area contributed by atoms with Gasteiger partial charge in [0.2, 0.25) is 0 Å². The summed E-state index contributed by atoms with van der Waals surface area (Å²) in [7, 11) is 1.59. The number of anilines is 2. The number of pyridine rings is 2. The molecule has 0 fully saturated rings. The fourth-order valence-corrected chi connectivity index (χ4v) is 3.84. The van der Waals surface area contributed by atoms with Gasteiger partial charge in [0.15, 0.2) is 17.4 Å². The fourth-order valence-electron chi connectivity index (χ4n) is 3.84. The molecule has 0 radical (unpaired) electrons. The number of aromatic nitrogens is 4. The van der Waals surface area contributed by atoms with Gasteiger partial charge in [-0.3, -0.25) is 9.78 Å². The highest BCUT2D eigenvalue weighted by molar-refractivity contribution is 6.00. The minimum atomic E-state index is -4.83. The number of carbonyl (C=O) groups excluding carboxylic acids is 2. The molecule has 2 amide bonds. The normalized spacial score (nSPS) is 11.0. The quantitative estimate of drug-likeness (QED) is 0.208. The van der Waals surface area contributed by atoms with Gasteiger partial charge in [0.1, 0.15) is 18.1 Å². The maximum Gasteiger partial charge on any atom is 0.418 e. The van der Waals surface area contributed by atoms with Crippen LogP contribution in [-0.2, 0) is 12.8 Å². The Labute approximate surface area is 244 Å². The summed E-state index contributed by atoms with van der Waals surface area (Å²) in [5.74, 6) is 0.843. The molecule has 4 rings (SSSR count). The molecule has 0 bridgehead atoms. The van der Waals surface area contributed by atoms with Gasteiger partial charge in [-0.25, -0.2) is 19.7 Å². The zero-order valence-electron chi connectivity index (χ0n) is 23.6. The van der Waals surface area contributed by atoms with E-state index in [1.165, 1.54) is 12.4 Å². The first-order valence-electron chi connectivity index (χ1n) is 12.9. The first-order chi connectivity index (χ1) is 20.5. The lowest BCUT2D eigenvalue weighted by molar-refractivity contribution is -0.138. The summed E-state index contributed by atoms with van der Waals surface area (Å²) < 4.78 is 56.8. The lowest BCUT2D eigenvalue weighted by Gasteiger charge is -2.14. The number of urea groups is 1. The zero-order chi connectivity index (χ0) is 31.1. The van der Waals surface area contributed by atoms with E-state index in [9.17, 15) is 22.8 Å². The Balaban J connectivity index is 1.46. The number of halogens is 3. The Morgan fingerprint density at radius 2 is 1.70 bits per heavy atom. The molecule has 0 aliphatic carbocycles. The standard InChI is InChI=1S/C29H27F3N6O5/c1-5-42-24-10-19(12-35-27(24)43-15-18-6-8-21(41-4)9-7-18)26-34-14-23(16(2)36-26)38-28(40)37-20-11-22(29(30,31)32)25(17(3)39)33-13-20/h6-14H,5,15H2,1-4H3,(H2,37,38,40). The van der Waals surface area contributed by atoms with E-state index in [-0.39, 0.29) is 29.7 Å². The number of benzene rings is 1. The number of nitrogens with zero attached hydrogens (tertiary/aromatic N) is 4. The second kappa shape index (κ2) is 13.1. The number of rotatable bonds is 10. The summed E-state index contributed by atoms with van der Waals surface area (Å²) >= 11 is 0. The van der Waals surface area contributed by atoms with Gasteiger partial charge in [-0.1, -0.05) is 12.1 Å². The van der Waals surface area contributed by atoms with Gasteiger partial charge in [0.25, 0.3) is 5.88 Å². The maximum absolute atomic E-state index is 13.4. The molecule has 3 heterocycles. The van der Waals surface area contributed by atoms with Crippen LogP contribution in [0.15, 0.2) is 55.0 Å². The SMILES string of the molecule is CCOc1cc(-c2ncc(NC(=O)Nc3cnc(C(C)=O)c(C(F)(F)F)c3)c(C)n2)cnc1OCc1ccc(OC)cc1. The van der Waals surface area contributed by atoms with E-state index in [0.717, 1.165) is 24.4 Å². The molecule has 4 aromatic rings. The summed E-state index contributed by atoms with van der Waals surface area (Å²) in [5, 5.41) is 4.77. The minimum Gasteiger partial charge on any atom is -0.497 e. The lowest BCUT2D eigenvalue weighted by atomic mass is 10.1. The Kier molecular flexibility index (Phi) is 9.38. The van der Waals surface area contributed by atoms with E-state index >= 15 is 0 Å². The topological polar surface area (TPSA) is 137 Å². The van der Waals surface area contributed by atoms with E-state index in [1.807, 2.05) is 31.2 Å². The number of amides is 2. The summed E-state index contributed by atoms with van der Waals surface area (Å²) in [6.07, 6.45) is -0.994. The molecule has 224 valence electrons. The van der Waals surface area contributed by atoms with Gasteiger partial charge in [-0.2, -0.15) is 13.2 Å². The van der Waals surface area contributed by atoms with E-state index in [0.29, 0.717) is 29.7 Å². The van der Waals surface area contributed by atoms with Crippen molar-refractivity contribution in [3.05, 3.63) is 77.5 Å². The predicted octanol–water partition coefficient (Wildman–Crippen LogP) is 6.09. The van der Waals surface area contributed by atoms with Crippen LogP contribution < -0.4 is 24.8 Å². The van der Waals surface area contributed by atoms with Crippen LogP contribution in [0, 0.1) is 6.92 Å². The monoisotopic (exact) mass is 596 g/mol. The van der Waals surface area contributed by atoms with Crippen molar-refractivity contribution in [2.45, 2.75) is 33.6 Å². The smallest absolute Gasteiger partial charge is 0.418 e. The van der Waals surface area contributed by atoms with Crippen molar-refractivity contribution in [2.75, 3.05) is 24.4 Å². The third-order valence-corrected chi connectivity index (χ3v) is 5.92. The molecule has 3 aromatic heterocycles. The van der Waals surface area contributed by atoms with Crippen molar-refractivity contribution >= 4 is 23.2 Å². The third kappa shape index (κ3) is 7.72. The largest absolute Gasteiger partial charge is 0.497 e. The van der Waals surface area contributed by atoms with Gasteiger partial charge in [0, 0.05) is 18.7 Å². The summed E-state index contributed by atoms with van der Waals surface area (Å²) in [6, 6.07) is 8.88. The number of ether oxygens (including phenoxy) is 3. The highest BCUT2D eigenvalue weighted by atomic mass is 19.4. The maximum atomic E-state index is 13.4. The number of hydrogen-bond donors (Lipinski definition) is 2. The number of hydrogen-bond acceptors (Lipinski definition) is 9. The van der Waals surface area contributed by atoms with Crippen LogP contribution in [0.3, 0.4) is 0 Å². The van der Waals surface area contributed by atoms with E-state index in [2.05, 4.69) is 30.6 Å². The van der Waals surface area contributed by atoms with E-state index in [1.54, 1.807) is 20.1 Å². The summed E-state index contributed by atoms with van der Waals surface area (Å²) in [6.45, 7) is 5.03. The van der Waals surface area contributed by atoms with Crippen molar-refractivity contribution in [1.29, 1.82) is 0 Å². The Bertz CT molecular complexity index is 1630. The van der Waals surface area contributed by atoms with Gasteiger partial charge < -0.3 is 24.8 Å². The molecule has 0 aliphatic heterocycles. The first kappa shape index (κ1) is 30.7. The first-order valence-corrected chi connectivity index (χ1v) is 12.9. The molecule has 43 heavy (non-hydrogen) atoms. The lowest BCUT2D eigenvalue weighted by Crippen LogP contribution is -2.22. The number of methoxy groups -OCH3 is 1. The van der Waals surface area contributed by atoms with E-state index in [4.69, 9.17) is 14.2 Å². The van der Waals surface area contributed by atoms with Gasteiger partial charge in [-0.05, 0) is 43.7 Å². The summed E-state index contributed by atoms with van der Waals surface area (Å²) in [5.41, 5.74) is -0.229.